The monoisotopic (exact) mass is 351 g/mol. The predicted octanol–water partition coefficient (Wildman–Crippen LogP) is 3.56. The molecule has 5 nitrogen and oxygen atoms in total. The van der Waals surface area contributed by atoms with Crippen molar-refractivity contribution in [3.05, 3.63) is 72.1 Å². The average Bonchev–Trinajstić information content (AvgIpc) is 3.15. The van der Waals surface area contributed by atoms with Gasteiger partial charge in [-0.05, 0) is 43.3 Å². The number of hydrogen-bond acceptors (Lipinski definition) is 4. The summed E-state index contributed by atoms with van der Waals surface area (Å²) in [5, 5.41) is 4.46. The number of likely N-dealkylation sites (N-methyl/N-ethyl adjacent to an activating group) is 1. The minimum atomic E-state index is 0.762. The fourth-order valence-corrected chi connectivity index (χ4v) is 2.91. The Kier molecular flexibility index (Phi) is 5.92. The van der Waals surface area contributed by atoms with Crippen molar-refractivity contribution in [2.75, 3.05) is 27.8 Å². The van der Waals surface area contributed by atoms with E-state index in [1.165, 1.54) is 11.1 Å². The molecule has 26 heavy (non-hydrogen) atoms. The molecule has 3 aromatic rings. The van der Waals surface area contributed by atoms with Crippen molar-refractivity contribution in [2.24, 2.45) is 0 Å². The van der Waals surface area contributed by atoms with Gasteiger partial charge in [-0.25, -0.2) is 4.68 Å². The Balaban J connectivity index is 1.56. The summed E-state index contributed by atoms with van der Waals surface area (Å²) in [4.78, 5) is 2.29. The molecule has 0 unspecified atom stereocenters. The van der Waals surface area contributed by atoms with Crippen molar-refractivity contribution in [3.63, 3.8) is 0 Å². The SMILES string of the molecule is COc1ccc(CCN(C)Cc2cnn(-c3ccccc3)c2)cc1OC. The van der Waals surface area contributed by atoms with E-state index in [1.54, 1.807) is 14.2 Å². The van der Waals surface area contributed by atoms with Crippen LogP contribution in [0.4, 0.5) is 0 Å². The van der Waals surface area contributed by atoms with Gasteiger partial charge in [-0.3, -0.25) is 0 Å². The molecule has 0 radical (unpaired) electrons. The fourth-order valence-electron chi connectivity index (χ4n) is 2.91. The molecule has 0 aliphatic rings. The number of methoxy groups -OCH3 is 2. The van der Waals surface area contributed by atoms with E-state index in [9.17, 15) is 0 Å². The summed E-state index contributed by atoms with van der Waals surface area (Å²) in [6, 6.07) is 16.2. The lowest BCUT2D eigenvalue weighted by molar-refractivity contribution is 0.330. The number of aromatic nitrogens is 2. The van der Waals surface area contributed by atoms with Crippen LogP contribution in [0, 0.1) is 0 Å². The van der Waals surface area contributed by atoms with Crippen LogP contribution in [0.25, 0.3) is 5.69 Å². The lowest BCUT2D eigenvalue weighted by atomic mass is 10.1. The van der Waals surface area contributed by atoms with E-state index >= 15 is 0 Å². The van der Waals surface area contributed by atoms with Gasteiger partial charge >= 0.3 is 0 Å². The Morgan fingerprint density at radius 1 is 0.962 bits per heavy atom. The van der Waals surface area contributed by atoms with Gasteiger partial charge in [0.05, 0.1) is 26.1 Å². The number of hydrogen-bond donors (Lipinski definition) is 0. The third-order valence-corrected chi connectivity index (χ3v) is 4.34. The molecule has 0 aliphatic heterocycles. The second-order valence-corrected chi connectivity index (χ2v) is 6.31. The van der Waals surface area contributed by atoms with Crippen LogP contribution in [0.5, 0.6) is 11.5 Å². The predicted molar refractivity (Wildman–Crippen MR) is 103 cm³/mol. The summed E-state index contributed by atoms with van der Waals surface area (Å²) in [6.07, 6.45) is 4.96. The van der Waals surface area contributed by atoms with Crippen LogP contribution in [-0.4, -0.2) is 42.5 Å². The first-order valence-corrected chi connectivity index (χ1v) is 8.68. The van der Waals surface area contributed by atoms with Gasteiger partial charge in [-0.15, -0.1) is 0 Å². The number of ether oxygens (including phenoxy) is 2. The molecule has 2 aromatic carbocycles. The summed E-state index contributed by atoms with van der Waals surface area (Å²) < 4.78 is 12.6. The minimum Gasteiger partial charge on any atom is -0.493 e. The summed E-state index contributed by atoms with van der Waals surface area (Å²) in [6.45, 7) is 1.81. The molecule has 0 fully saturated rings. The standard InChI is InChI=1S/C21H25N3O2/c1-23(12-11-17-9-10-20(25-2)21(13-17)26-3)15-18-14-22-24(16-18)19-7-5-4-6-8-19/h4-10,13-14,16H,11-12,15H2,1-3H3. The second kappa shape index (κ2) is 8.54. The van der Waals surface area contributed by atoms with Crippen molar-refractivity contribution in [3.8, 4) is 17.2 Å². The average molecular weight is 351 g/mol. The van der Waals surface area contributed by atoms with Gasteiger partial charge in [0.25, 0.3) is 0 Å². The number of para-hydroxylation sites is 1. The fraction of sp³-hybridized carbons (Fsp3) is 0.286. The van der Waals surface area contributed by atoms with Crippen LogP contribution in [0.15, 0.2) is 60.9 Å². The molecular weight excluding hydrogens is 326 g/mol. The van der Waals surface area contributed by atoms with Crippen LogP contribution >= 0.6 is 0 Å². The van der Waals surface area contributed by atoms with Gasteiger partial charge in [-0.1, -0.05) is 24.3 Å². The summed E-state index contributed by atoms with van der Waals surface area (Å²) in [5.41, 5.74) is 3.50. The molecule has 0 atom stereocenters. The first-order chi connectivity index (χ1) is 12.7. The van der Waals surface area contributed by atoms with Crippen molar-refractivity contribution >= 4 is 0 Å². The normalized spacial score (nSPS) is 10.9. The van der Waals surface area contributed by atoms with E-state index in [0.29, 0.717) is 0 Å². The van der Waals surface area contributed by atoms with Crippen LogP contribution < -0.4 is 9.47 Å². The Hall–Kier alpha value is -2.79. The third kappa shape index (κ3) is 4.43. The van der Waals surface area contributed by atoms with E-state index in [4.69, 9.17) is 9.47 Å². The van der Waals surface area contributed by atoms with Gasteiger partial charge in [0.15, 0.2) is 11.5 Å². The van der Waals surface area contributed by atoms with E-state index in [-0.39, 0.29) is 0 Å². The molecule has 0 aliphatic carbocycles. The van der Waals surface area contributed by atoms with Gasteiger partial charge < -0.3 is 14.4 Å². The molecule has 1 heterocycles. The molecule has 136 valence electrons. The summed E-state index contributed by atoms with van der Waals surface area (Å²) in [7, 11) is 5.44. The van der Waals surface area contributed by atoms with E-state index in [0.717, 1.165) is 36.7 Å². The maximum atomic E-state index is 5.37. The molecule has 0 N–H and O–H groups in total. The van der Waals surface area contributed by atoms with Crippen molar-refractivity contribution in [1.82, 2.24) is 14.7 Å². The molecule has 0 bridgehead atoms. The van der Waals surface area contributed by atoms with E-state index in [1.807, 2.05) is 41.2 Å². The molecule has 1 aromatic heterocycles. The van der Waals surface area contributed by atoms with Crippen molar-refractivity contribution in [1.29, 1.82) is 0 Å². The second-order valence-electron chi connectivity index (χ2n) is 6.31. The molecular formula is C21H25N3O2. The van der Waals surface area contributed by atoms with Gasteiger partial charge in [-0.2, -0.15) is 5.10 Å². The molecule has 0 amide bonds. The number of nitrogens with zero attached hydrogens (tertiary/aromatic N) is 3. The maximum Gasteiger partial charge on any atom is 0.160 e. The Labute approximate surface area is 154 Å². The van der Waals surface area contributed by atoms with Crippen LogP contribution in [0.2, 0.25) is 0 Å². The van der Waals surface area contributed by atoms with Gasteiger partial charge in [0.2, 0.25) is 0 Å². The molecule has 0 spiro atoms. The molecule has 0 saturated carbocycles. The van der Waals surface area contributed by atoms with Crippen molar-refractivity contribution < 1.29 is 9.47 Å². The third-order valence-electron chi connectivity index (χ3n) is 4.34. The van der Waals surface area contributed by atoms with Crippen LogP contribution in [0.1, 0.15) is 11.1 Å². The number of benzene rings is 2. The van der Waals surface area contributed by atoms with Gasteiger partial charge in [0, 0.05) is 24.8 Å². The van der Waals surface area contributed by atoms with E-state index < -0.39 is 0 Å². The highest BCUT2D eigenvalue weighted by Gasteiger charge is 2.07. The first-order valence-electron chi connectivity index (χ1n) is 8.68. The topological polar surface area (TPSA) is 39.5 Å². The first kappa shape index (κ1) is 18.0. The quantitative estimate of drug-likeness (QED) is 0.622. The highest BCUT2D eigenvalue weighted by molar-refractivity contribution is 5.43. The van der Waals surface area contributed by atoms with E-state index in [2.05, 4.69) is 41.4 Å². The summed E-state index contributed by atoms with van der Waals surface area (Å²) >= 11 is 0. The van der Waals surface area contributed by atoms with Gasteiger partial charge in [0.1, 0.15) is 0 Å². The smallest absolute Gasteiger partial charge is 0.160 e. The highest BCUT2D eigenvalue weighted by Crippen LogP contribution is 2.27. The highest BCUT2D eigenvalue weighted by atomic mass is 16.5. The number of rotatable bonds is 8. The zero-order valence-corrected chi connectivity index (χ0v) is 15.6. The van der Waals surface area contributed by atoms with Crippen LogP contribution in [-0.2, 0) is 13.0 Å². The molecule has 0 saturated heterocycles. The minimum absolute atomic E-state index is 0.762. The maximum absolute atomic E-state index is 5.37. The lowest BCUT2D eigenvalue weighted by Gasteiger charge is -2.16. The lowest BCUT2D eigenvalue weighted by Crippen LogP contribution is -2.20. The zero-order chi connectivity index (χ0) is 18.4. The Morgan fingerprint density at radius 2 is 1.73 bits per heavy atom. The Bertz CT molecular complexity index is 830. The summed E-state index contributed by atoms with van der Waals surface area (Å²) in [5.74, 6) is 1.54. The molecule has 5 heteroatoms. The van der Waals surface area contributed by atoms with Crippen LogP contribution in [0.3, 0.4) is 0 Å². The largest absolute Gasteiger partial charge is 0.493 e. The Morgan fingerprint density at radius 3 is 2.46 bits per heavy atom. The van der Waals surface area contributed by atoms with Crippen molar-refractivity contribution in [2.45, 2.75) is 13.0 Å². The molecule has 3 rings (SSSR count). The zero-order valence-electron chi connectivity index (χ0n) is 15.6.